The lowest BCUT2D eigenvalue weighted by Crippen LogP contribution is -2.27. The van der Waals surface area contributed by atoms with Gasteiger partial charge < -0.3 is 10.4 Å². The molecule has 0 aliphatic heterocycles. The van der Waals surface area contributed by atoms with Crippen molar-refractivity contribution in [3.63, 3.8) is 0 Å². The molecule has 1 aliphatic carbocycles. The minimum absolute atomic E-state index is 0.00288. The summed E-state index contributed by atoms with van der Waals surface area (Å²) >= 11 is 3.11. The summed E-state index contributed by atoms with van der Waals surface area (Å²) in [6.07, 6.45) is 3.05. The van der Waals surface area contributed by atoms with E-state index < -0.39 is 0 Å². The second-order valence-electron chi connectivity index (χ2n) is 4.47. The van der Waals surface area contributed by atoms with E-state index in [9.17, 15) is 4.79 Å². The number of carbonyl (C=O) groups excluding carboxylic acids is 1. The second-order valence-corrected chi connectivity index (χ2v) is 6.63. The predicted molar refractivity (Wildman–Crippen MR) is 78.8 cm³/mol. The molecule has 0 saturated heterocycles. The first kappa shape index (κ1) is 15.6. The molecule has 2 N–H and O–H groups in total. The Labute approximate surface area is 126 Å². The average Bonchev–Trinajstić information content (AvgIpc) is 3.19. The molecule has 1 aromatic rings. The standard InChI is InChI=1S/C11H19N5O2S2/c17-5-1-6-19-7-4-12-10(18)8-20-11-13-14-15-16(11)9-2-3-9/h9,17H,1-8H2,(H,12,18). The predicted octanol–water partition coefficient (Wildman–Crippen LogP) is 0.332. The number of tetrazole rings is 1. The van der Waals surface area contributed by atoms with E-state index in [1.807, 2.05) is 4.68 Å². The zero-order valence-corrected chi connectivity index (χ0v) is 12.8. The van der Waals surface area contributed by atoms with Crippen molar-refractivity contribution < 1.29 is 9.90 Å². The van der Waals surface area contributed by atoms with Crippen LogP contribution in [0.2, 0.25) is 0 Å². The lowest BCUT2D eigenvalue weighted by atomic mass is 10.5. The molecule has 0 unspecified atom stereocenters. The van der Waals surface area contributed by atoms with Gasteiger partial charge >= 0.3 is 0 Å². The normalized spacial score (nSPS) is 14.4. The van der Waals surface area contributed by atoms with Gasteiger partial charge in [-0.1, -0.05) is 11.8 Å². The quantitative estimate of drug-likeness (QED) is 0.474. The number of aliphatic hydroxyl groups excluding tert-OH is 1. The molecule has 1 aliphatic rings. The Hall–Kier alpha value is -0.800. The van der Waals surface area contributed by atoms with Crippen molar-refractivity contribution in [3.05, 3.63) is 0 Å². The number of nitrogens with one attached hydrogen (secondary N) is 1. The van der Waals surface area contributed by atoms with Crippen molar-refractivity contribution in [1.29, 1.82) is 0 Å². The van der Waals surface area contributed by atoms with Crippen LogP contribution in [-0.4, -0.2) is 61.6 Å². The van der Waals surface area contributed by atoms with Crippen LogP contribution in [0.15, 0.2) is 5.16 Å². The second kappa shape index (κ2) is 8.48. The summed E-state index contributed by atoms with van der Waals surface area (Å²) in [4.78, 5) is 11.7. The summed E-state index contributed by atoms with van der Waals surface area (Å²) in [5, 5.41) is 23.7. The monoisotopic (exact) mass is 317 g/mol. The van der Waals surface area contributed by atoms with Crippen molar-refractivity contribution in [2.75, 3.05) is 30.4 Å². The Morgan fingerprint density at radius 3 is 3.05 bits per heavy atom. The molecule has 1 heterocycles. The van der Waals surface area contributed by atoms with Gasteiger partial charge in [-0.15, -0.1) is 5.10 Å². The summed E-state index contributed by atoms with van der Waals surface area (Å²) in [6.45, 7) is 0.884. The number of hydrogen-bond donors (Lipinski definition) is 2. The molecule has 1 saturated carbocycles. The third-order valence-corrected chi connectivity index (χ3v) is 4.71. The highest BCUT2D eigenvalue weighted by molar-refractivity contribution is 7.99. The van der Waals surface area contributed by atoms with Crippen LogP contribution in [0.4, 0.5) is 0 Å². The van der Waals surface area contributed by atoms with Crippen LogP contribution in [0, 0.1) is 0 Å². The van der Waals surface area contributed by atoms with E-state index in [0.29, 0.717) is 18.3 Å². The molecular formula is C11H19N5O2S2. The van der Waals surface area contributed by atoms with Crippen molar-refractivity contribution in [2.24, 2.45) is 0 Å². The molecule has 0 radical (unpaired) electrons. The molecule has 0 bridgehead atoms. The lowest BCUT2D eigenvalue weighted by molar-refractivity contribution is -0.118. The van der Waals surface area contributed by atoms with Crippen molar-refractivity contribution in [3.8, 4) is 0 Å². The first-order valence-corrected chi connectivity index (χ1v) is 8.81. The Bertz CT molecular complexity index is 425. The Kier molecular flexibility index (Phi) is 6.61. The summed E-state index contributed by atoms with van der Waals surface area (Å²) in [6, 6.07) is 0.429. The molecule has 112 valence electrons. The highest BCUT2D eigenvalue weighted by Crippen LogP contribution is 2.36. The molecular weight excluding hydrogens is 298 g/mol. The minimum atomic E-state index is 0.00288. The van der Waals surface area contributed by atoms with Gasteiger partial charge in [0.2, 0.25) is 11.1 Å². The maximum Gasteiger partial charge on any atom is 0.230 e. The highest BCUT2D eigenvalue weighted by Gasteiger charge is 2.28. The summed E-state index contributed by atoms with van der Waals surface area (Å²) in [5.41, 5.74) is 0. The van der Waals surface area contributed by atoms with Crippen LogP contribution < -0.4 is 5.32 Å². The van der Waals surface area contributed by atoms with Gasteiger partial charge in [0, 0.05) is 18.9 Å². The summed E-state index contributed by atoms with van der Waals surface area (Å²) < 4.78 is 1.81. The van der Waals surface area contributed by atoms with Crippen molar-refractivity contribution >= 4 is 29.4 Å². The van der Waals surface area contributed by atoms with Crippen LogP contribution in [0.1, 0.15) is 25.3 Å². The number of aliphatic hydroxyl groups is 1. The Morgan fingerprint density at radius 1 is 1.45 bits per heavy atom. The van der Waals surface area contributed by atoms with Gasteiger partial charge in [-0.2, -0.15) is 11.8 Å². The third-order valence-electron chi connectivity index (χ3n) is 2.70. The molecule has 2 rings (SSSR count). The number of carbonyl (C=O) groups is 1. The smallest absolute Gasteiger partial charge is 0.230 e. The largest absolute Gasteiger partial charge is 0.396 e. The van der Waals surface area contributed by atoms with Gasteiger partial charge in [0.15, 0.2) is 0 Å². The lowest BCUT2D eigenvalue weighted by Gasteiger charge is -2.05. The molecule has 1 amide bonds. The maximum atomic E-state index is 11.7. The van der Waals surface area contributed by atoms with Crippen LogP contribution in [0.5, 0.6) is 0 Å². The Morgan fingerprint density at radius 2 is 2.30 bits per heavy atom. The van der Waals surface area contributed by atoms with Crippen LogP contribution in [-0.2, 0) is 4.79 Å². The average molecular weight is 317 g/mol. The first-order valence-electron chi connectivity index (χ1n) is 6.67. The van der Waals surface area contributed by atoms with Gasteiger partial charge in [0.05, 0.1) is 11.8 Å². The number of aromatic nitrogens is 4. The van der Waals surface area contributed by atoms with Gasteiger partial charge in [-0.3, -0.25) is 4.79 Å². The SMILES string of the molecule is O=C(CSc1nnnn1C1CC1)NCCSCCCO. The molecule has 1 aromatic heterocycles. The minimum Gasteiger partial charge on any atom is -0.396 e. The van der Waals surface area contributed by atoms with Crippen LogP contribution >= 0.6 is 23.5 Å². The molecule has 0 atom stereocenters. The van der Waals surface area contributed by atoms with Crippen molar-refractivity contribution in [1.82, 2.24) is 25.5 Å². The first-order chi connectivity index (χ1) is 9.81. The maximum absolute atomic E-state index is 11.7. The van der Waals surface area contributed by atoms with E-state index in [4.69, 9.17) is 5.11 Å². The van der Waals surface area contributed by atoms with E-state index in [-0.39, 0.29) is 12.5 Å². The number of amides is 1. The van der Waals surface area contributed by atoms with Crippen molar-refractivity contribution in [2.45, 2.75) is 30.5 Å². The third kappa shape index (κ3) is 5.29. The number of nitrogens with zero attached hydrogens (tertiary/aromatic N) is 4. The number of hydrogen-bond acceptors (Lipinski definition) is 7. The van der Waals surface area contributed by atoms with E-state index in [1.54, 1.807) is 11.8 Å². The molecule has 20 heavy (non-hydrogen) atoms. The highest BCUT2D eigenvalue weighted by atomic mass is 32.2. The zero-order valence-electron chi connectivity index (χ0n) is 11.2. The summed E-state index contributed by atoms with van der Waals surface area (Å²) in [7, 11) is 0. The van der Waals surface area contributed by atoms with Gasteiger partial charge in [-0.05, 0) is 35.4 Å². The topological polar surface area (TPSA) is 92.9 Å². The molecule has 9 heteroatoms. The molecule has 7 nitrogen and oxygen atoms in total. The van der Waals surface area contributed by atoms with Crippen LogP contribution in [0.25, 0.3) is 0 Å². The molecule has 0 spiro atoms. The molecule has 0 aromatic carbocycles. The number of rotatable bonds is 10. The van der Waals surface area contributed by atoms with Gasteiger partial charge in [0.1, 0.15) is 0 Å². The fraction of sp³-hybridized carbons (Fsp3) is 0.818. The van der Waals surface area contributed by atoms with E-state index in [0.717, 1.165) is 35.9 Å². The Balaban J connectivity index is 1.56. The fourth-order valence-corrected chi connectivity index (χ4v) is 3.10. The zero-order chi connectivity index (χ0) is 14.2. The van der Waals surface area contributed by atoms with E-state index in [2.05, 4.69) is 20.8 Å². The summed E-state index contributed by atoms with van der Waals surface area (Å²) in [5.74, 6) is 2.14. The van der Waals surface area contributed by atoms with E-state index in [1.165, 1.54) is 11.8 Å². The van der Waals surface area contributed by atoms with Crippen LogP contribution in [0.3, 0.4) is 0 Å². The van der Waals surface area contributed by atoms with Gasteiger partial charge in [0.25, 0.3) is 0 Å². The number of thioether (sulfide) groups is 2. The fourth-order valence-electron chi connectivity index (χ4n) is 1.54. The van der Waals surface area contributed by atoms with Gasteiger partial charge in [-0.25, -0.2) is 4.68 Å². The van der Waals surface area contributed by atoms with E-state index >= 15 is 0 Å². The molecule has 1 fully saturated rings.